The molecule has 23 heavy (non-hydrogen) atoms. The maximum absolute atomic E-state index is 6.79. The maximum Gasteiger partial charge on any atom is 0.0222 e. The molecule has 0 aliphatic heterocycles. The van der Waals surface area contributed by atoms with Gasteiger partial charge in [-0.2, -0.15) is 0 Å². The Morgan fingerprint density at radius 3 is 2.00 bits per heavy atom. The van der Waals surface area contributed by atoms with E-state index in [0.29, 0.717) is 17.5 Å². The Kier molecular flexibility index (Phi) is 3.35. The van der Waals surface area contributed by atoms with E-state index in [9.17, 15) is 0 Å². The lowest BCUT2D eigenvalue weighted by atomic mass is 9.48. The summed E-state index contributed by atoms with van der Waals surface area (Å²) < 4.78 is 0. The smallest absolute Gasteiger partial charge is 0.0222 e. The molecule has 0 radical (unpaired) electrons. The average Bonchev–Trinajstić information content (AvgIpc) is 2.94. The van der Waals surface area contributed by atoms with Gasteiger partial charge < -0.3 is 11.1 Å². The fraction of sp³-hybridized carbons (Fsp3) is 0.714. The molecule has 6 rings (SSSR count). The summed E-state index contributed by atoms with van der Waals surface area (Å²) >= 11 is 0. The van der Waals surface area contributed by atoms with Gasteiger partial charge in [-0.3, -0.25) is 0 Å². The summed E-state index contributed by atoms with van der Waals surface area (Å²) in [5.41, 5.74) is 10.3. The topological polar surface area (TPSA) is 38.0 Å². The summed E-state index contributed by atoms with van der Waals surface area (Å²) in [7, 11) is 0. The van der Waals surface area contributed by atoms with Crippen LogP contribution >= 0.6 is 0 Å². The van der Waals surface area contributed by atoms with E-state index >= 15 is 0 Å². The Balaban J connectivity index is 1.22. The molecule has 2 heteroatoms. The zero-order valence-corrected chi connectivity index (χ0v) is 14.1. The van der Waals surface area contributed by atoms with Gasteiger partial charge >= 0.3 is 0 Å². The van der Waals surface area contributed by atoms with Crippen molar-refractivity contribution in [2.24, 2.45) is 28.9 Å². The minimum atomic E-state index is 0.361. The van der Waals surface area contributed by atoms with E-state index in [2.05, 4.69) is 29.6 Å². The van der Waals surface area contributed by atoms with E-state index in [1.165, 1.54) is 62.5 Å². The van der Waals surface area contributed by atoms with E-state index in [1.807, 2.05) is 0 Å². The lowest BCUT2D eigenvalue weighted by Crippen LogP contribution is -2.58. The van der Waals surface area contributed by atoms with Gasteiger partial charge in [0.1, 0.15) is 0 Å². The molecule has 1 unspecified atom stereocenters. The normalized spacial score (nSPS) is 39.6. The SMILES string of the molecule is NC(CNC1Cc2ccccc2C1)C12CC3CC(CC(C3)C1)C2. The first kappa shape index (κ1) is 14.5. The molecule has 5 aliphatic carbocycles. The molecule has 0 spiro atoms. The van der Waals surface area contributed by atoms with Crippen LogP contribution < -0.4 is 11.1 Å². The zero-order valence-electron chi connectivity index (χ0n) is 14.1. The van der Waals surface area contributed by atoms with Gasteiger partial charge in [-0.1, -0.05) is 24.3 Å². The predicted molar refractivity (Wildman–Crippen MR) is 94.2 cm³/mol. The Morgan fingerprint density at radius 1 is 0.957 bits per heavy atom. The molecule has 3 N–H and O–H groups in total. The van der Waals surface area contributed by atoms with Gasteiger partial charge in [-0.25, -0.2) is 0 Å². The Labute approximate surface area is 140 Å². The Bertz CT molecular complexity index is 533. The molecule has 4 saturated carbocycles. The number of hydrogen-bond acceptors (Lipinski definition) is 2. The van der Waals surface area contributed by atoms with E-state index in [1.54, 1.807) is 0 Å². The third kappa shape index (κ3) is 2.46. The van der Waals surface area contributed by atoms with E-state index in [-0.39, 0.29) is 0 Å². The largest absolute Gasteiger partial charge is 0.326 e. The number of fused-ring (bicyclic) bond motifs is 1. The van der Waals surface area contributed by atoms with Gasteiger partial charge in [-0.15, -0.1) is 0 Å². The van der Waals surface area contributed by atoms with Gasteiger partial charge in [0.25, 0.3) is 0 Å². The van der Waals surface area contributed by atoms with Crippen LogP contribution in [0.25, 0.3) is 0 Å². The van der Waals surface area contributed by atoms with Crippen molar-refractivity contribution in [1.82, 2.24) is 5.32 Å². The predicted octanol–water partition coefficient (Wildman–Crippen LogP) is 3.29. The minimum Gasteiger partial charge on any atom is -0.326 e. The first-order chi connectivity index (χ1) is 11.2. The van der Waals surface area contributed by atoms with Crippen molar-refractivity contribution in [3.63, 3.8) is 0 Å². The molecule has 124 valence electrons. The molecule has 5 aliphatic rings. The highest BCUT2D eigenvalue weighted by Gasteiger charge is 2.53. The summed E-state index contributed by atoms with van der Waals surface area (Å²) in [6.07, 6.45) is 11.2. The quantitative estimate of drug-likeness (QED) is 0.895. The van der Waals surface area contributed by atoms with Crippen molar-refractivity contribution < 1.29 is 0 Å². The molecule has 4 bridgehead atoms. The standard InChI is InChI=1S/C21H30N2/c22-20(13-23-19-8-17-3-1-2-4-18(17)9-19)21-10-14-5-15(11-21)7-16(6-14)12-21/h1-4,14-16,19-20,23H,5-13,22H2. The van der Waals surface area contributed by atoms with Crippen molar-refractivity contribution in [3.8, 4) is 0 Å². The molecule has 4 fully saturated rings. The van der Waals surface area contributed by atoms with Gasteiger partial charge in [0, 0.05) is 18.6 Å². The summed E-state index contributed by atoms with van der Waals surface area (Å²) in [5, 5.41) is 3.83. The first-order valence-corrected chi connectivity index (χ1v) is 9.76. The van der Waals surface area contributed by atoms with Crippen molar-refractivity contribution in [3.05, 3.63) is 35.4 Å². The first-order valence-electron chi connectivity index (χ1n) is 9.76. The van der Waals surface area contributed by atoms with E-state index in [4.69, 9.17) is 5.73 Å². The fourth-order valence-corrected chi connectivity index (χ4v) is 6.85. The van der Waals surface area contributed by atoms with Crippen LogP contribution in [0.5, 0.6) is 0 Å². The highest BCUT2D eigenvalue weighted by atomic mass is 15.0. The molecule has 1 aromatic rings. The molecule has 1 aromatic carbocycles. The third-order valence-corrected chi connectivity index (χ3v) is 7.55. The molecule has 0 amide bonds. The van der Waals surface area contributed by atoms with Crippen LogP contribution in [0.3, 0.4) is 0 Å². The lowest BCUT2D eigenvalue weighted by Gasteiger charge is -2.59. The molecule has 0 heterocycles. The maximum atomic E-state index is 6.79. The summed E-state index contributed by atoms with van der Waals surface area (Å²) in [4.78, 5) is 0. The van der Waals surface area contributed by atoms with Crippen molar-refractivity contribution in [2.45, 2.75) is 63.5 Å². The highest BCUT2D eigenvalue weighted by molar-refractivity contribution is 5.33. The molecular weight excluding hydrogens is 280 g/mol. The lowest BCUT2D eigenvalue weighted by molar-refractivity contribution is -0.0667. The fourth-order valence-electron chi connectivity index (χ4n) is 6.85. The van der Waals surface area contributed by atoms with E-state index in [0.717, 1.165) is 24.3 Å². The zero-order chi connectivity index (χ0) is 15.4. The Hall–Kier alpha value is -0.860. The second-order valence-corrected chi connectivity index (χ2v) is 9.17. The molecule has 0 aromatic heterocycles. The van der Waals surface area contributed by atoms with Crippen LogP contribution in [-0.4, -0.2) is 18.6 Å². The molecule has 0 saturated heterocycles. The number of rotatable bonds is 4. The monoisotopic (exact) mass is 310 g/mol. The highest BCUT2D eigenvalue weighted by Crippen LogP contribution is 2.60. The second-order valence-electron chi connectivity index (χ2n) is 9.17. The summed E-state index contributed by atoms with van der Waals surface area (Å²) in [6, 6.07) is 9.88. The number of nitrogens with one attached hydrogen (secondary N) is 1. The molecular formula is C21H30N2. The van der Waals surface area contributed by atoms with Gasteiger partial charge in [0.2, 0.25) is 0 Å². The van der Waals surface area contributed by atoms with Crippen LogP contribution in [0, 0.1) is 23.2 Å². The van der Waals surface area contributed by atoms with E-state index < -0.39 is 0 Å². The third-order valence-electron chi connectivity index (χ3n) is 7.55. The second kappa shape index (κ2) is 5.32. The Morgan fingerprint density at radius 2 is 1.48 bits per heavy atom. The summed E-state index contributed by atoms with van der Waals surface area (Å²) in [5.74, 6) is 3.01. The molecule has 1 atom stereocenters. The van der Waals surface area contributed by atoms with Crippen LogP contribution in [-0.2, 0) is 12.8 Å². The van der Waals surface area contributed by atoms with Gasteiger partial charge in [-0.05, 0) is 85.7 Å². The van der Waals surface area contributed by atoms with Gasteiger partial charge in [0.05, 0.1) is 0 Å². The molecule has 2 nitrogen and oxygen atoms in total. The number of hydrogen-bond donors (Lipinski definition) is 2. The van der Waals surface area contributed by atoms with Crippen LogP contribution in [0.4, 0.5) is 0 Å². The van der Waals surface area contributed by atoms with Crippen molar-refractivity contribution >= 4 is 0 Å². The minimum absolute atomic E-state index is 0.361. The van der Waals surface area contributed by atoms with Crippen LogP contribution in [0.1, 0.15) is 49.7 Å². The van der Waals surface area contributed by atoms with Crippen molar-refractivity contribution in [1.29, 1.82) is 0 Å². The van der Waals surface area contributed by atoms with Crippen LogP contribution in [0.2, 0.25) is 0 Å². The summed E-state index contributed by atoms with van der Waals surface area (Å²) in [6.45, 7) is 1.02. The average molecular weight is 310 g/mol. The number of benzene rings is 1. The van der Waals surface area contributed by atoms with Gasteiger partial charge in [0.15, 0.2) is 0 Å². The van der Waals surface area contributed by atoms with Crippen LogP contribution in [0.15, 0.2) is 24.3 Å². The number of nitrogens with two attached hydrogens (primary N) is 1. The van der Waals surface area contributed by atoms with Crippen molar-refractivity contribution in [2.75, 3.05) is 6.54 Å².